The van der Waals surface area contributed by atoms with Gasteiger partial charge in [-0.2, -0.15) is 0 Å². The standard InChI is InChI=1S/C11H15N5S2/c1-7-13-5-9(18-7)6-17-11-15-14-10(4-12)16(11)8-2-3-8/h5,8H,2-4,6,12H2,1H3. The van der Waals surface area contributed by atoms with Crippen LogP contribution < -0.4 is 5.73 Å². The highest BCUT2D eigenvalue weighted by molar-refractivity contribution is 7.98. The van der Waals surface area contributed by atoms with Crippen molar-refractivity contribution >= 4 is 23.1 Å². The summed E-state index contributed by atoms with van der Waals surface area (Å²) in [7, 11) is 0. The van der Waals surface area contributed by atoms with E-state index in [0.29, 0.717) is 12.6 Å². The predicted molar refractivity (Wildman–Crippen MR) is 72.6 cm³/mol. The van der Waals surface area contributed by atoms with Gasteiger partial charge in [0.15, 0.2) is 5.16 Å². The van der Waals surface area contributed by atoms with Crippen LogP contribution in [0.25, 0.3) is 0 Å². The average molecular weight is 281 g/mol. The topological polar surface area (TPSA) is 69.6 Å². The maximum Gasteiger partial charge on any atom is 0.191 e. The van der Waals surface area contributed by atoms with Crippen molar-refractivity contribution in [2.75, 3.05) is 0 Å². The van der Waals surface area contributed by atoms with Crippen molar-refractivity contribution in [3.05, 3.63) is 21.9 Å². The van der Waals surface area contributed by atoms with Gasteiger partial charge < -0.3 is 10.3 Å². The van der Waals surface area contributed by atoms with E-state index in [1.54, 1.807) is 23.1 Å². The Bertz CT molecular complexity index is 543. The number of rotatable bonds is 5. The molecule has 1 saturated carbocycles. The van der Waals surface area contributed by atoms with E-state index in [1.165, 1.54) is 17.7 Å². The van der Waals surface area contributed by atoms with Crippen LogP contribution in [-0.4, -0.2) is 19.7 Å². The Labute approximate surface area is 114 Å². The van der Waals surface area contributed by atoms with Gasteiger partial charge in [-0.3, -0.25) is 0 Å². The second kappa shape index (κ2) is 4.99. The third kappa shape index (κ3) is 2.43. The first-order chi connectivity index (χ1) is 8.78. The highest BCUT2D eigenvalue weighted by Gasteiger charge is 2.29. The van der Waals surface area contributed by atoms with Crippen LogP contribution in [0, 0.1) is 6.92 Å². The molecule has 2 aromatic rings. The van der Waals surface area contributed by atoms with Crippen LogP contribution in [0.5, 0.6) is 0 Å². The molecule has 2 aromatic heterocycles. The van der Waals surface area contributed by atoms with E-state index in [9.17, 15) is 0 Å². The molecule has 1 fully saturated rings. The van der Waals surface area contributed by atoms with E-state index in [2.05, 4.69) is 19.7 Å². The largest absolute Gasteiger partial charge is 0.324 e. The van der Waals surface area contributed by atoms with Crippen LogP contribution in [0.4, 0.5) is 0 Å². The molecule has 96 valence electrons. The molecule has 2 heterocycles. The fourth-order valence-electron chi connectivity index (χ4n) is 1.85. The minimum absolute atomic E-state index is 0.462. The molecule has 2 N–H and O–H groups in total. The Morgan fingerprint density at radius 1 is 1.50 bits per heavy atom. The smallest absolute Gasteiger partial charge is 0.191 e. The van der Waals surface area contributed by atoms with Crippen LogP contribution in [-0.2, 0) is 12.3 Å². The lowest BCUT2D eigenvalue weighted by Crippen LogP contribution is -2.07. The number of nitrogens with two attached hydrogens (primary N) is 1. The van der Waals surface area contributed by atoms with Gasteiger partial charge in [-0.05, 0) is 19.8 Å². The highest BCUT2D eigenvalue weighted by Crippen LogP contribution is 2.39. The monoisotopic (exact) mass is 281 g/mol. The lowest BCUT2D eigenvalue weighted by molar-refractivity contribution is 0.626. The SMILES string of the molecule is Cc1ncc(CSc2nnc(CN)n2C2CC2)s1. The zero-order chi connectivity index (χ0) is 12.5. The minimum atomic E-state index is 0.462. The summed E-state index contributed by atoms with van der Waals surface area (Å²) in [4.78, 5) is 5.54. The highest BCUT2D eigenvalue weighted by atomic mass is 32.2. The average Bonchev–Trinajstić information content (AvgIpc) is 2.99. The number of aromatic nitrogens is 4. The molecule has 3 rings (SSSR count). The summed E-state index contributed by atoms with van der Waals surface area (Å²) in [6, 6.07) is 0.573. The quantitative estimate of drug-likeness (QED) is 0.850. The Morgan fingerprint density at radius 3 is 2.94 bits per heavy atom. The molecule has 0 saturated heterocycles. The van der Waals surface area contributed by atoms with Crippen molar-refractivity contribution in [2.45, 2.75) is 43.3 Å². The summed E-state index contributed by atoms with van der Waals surface area (Å²) >= 11 is 3.46. The van der Waals surface area contributed by atoms with Gasteiger partial charge in [0.1, 0.15) is 5.82 Å². The van der Waals surface area contributed by atoms with Gasteiger partial charge >= 0.3 is 0 Å². The molecule has 0 bridgehead atoms. The fourth-order valence-corrected chi connectivity index (χ4v) is 3.69. The fraction of sp³-hybridized carbons (Fsp3) is 0.545. The van der Waals surface area contributed by atoms with Crippen molar-refractivity contribution in [3.63, 3.8) is 0 Å². The van der Waals surface area contributed by atoms with Crippen LogP contribution >= 0.6 is 23.1 Å². The van der Waals surface area contributed by atoms with Gasteiger partial charge in [0.2, 0.25) is 0 Å². The van der Waals surface area contributed by atoms with E-state index in [-0.39, 0.29) is 0 Å². The second-order valence-corrected chi connectivity index (χ2v) is 6.60. The molecule has 0 unspecified atom stereocenters. The molecule has 0 aromatic carbocycles. The lowest BCUT2D eigenvalue weighted by atomic mass is 10.5. The molecule has 0 aliphatic heterocycles. The molecule has 1 aliphatic carbocycles. The maximum atomic E-state index is 5.70. The van der Waals surface area contributed by atoms with E-state index < -0.39 is 0 Å². The van der Waals surface area contributed by atoms with Crippen molar-refractivity contribution in [2.24, 2.45) is 5.73 Å². The summed E-state index contributed by atoms with van der Waals surface area (Å²) in [5, 5.41) is 10.5. The Hall–Kier alpha value is -0.920. The summed E-state index contributed by atoms with van der Waals surface area (Å²) in [5.41, 5.74) is 5.70. The van der Waals surface area contributed by atoms with Crippen molar-refractivity contribution in [3.8, 4) is 0 Å². The third-order valence-corrected chi connectivity index (χ3v) is 4.93. The minimum Gasteiger partial charge on any atom is -0.324 e. The number of thioether (sulfide) groups is 1. The number of thiazole rings is 1. The number of nitrogens with zero attached hydrogens (tertiary/aromatic N) is 4. The molecular weight excluding hydrogens is 266 g/mol. The molecule has 0 radical (unpaired) electrons. The Kier molecular flexibility index (Phi) is 3.36. The normalized spacial score (nSPS) is 15.2. The molecule has 1 aliphatic rings. The van der Waals surface area contributed by atoms with Crippen molar-refractivity contribution < 1.29 is 0 Å². The number of aryl methyl sites for hydroxylation is 1. The summed E-state index contributed by atoms with van der Waals surface area (Å²) in [5.74, 6) is 1.81. The van der Waals surface area contributed by atoms with Gasteiger partial charge in [0.05, 0.1) is 11.6 Å². The maximum absolute atomic E-state index is 5.70. The van der Waals surface area contributed by atoms with Gasteiger partial charge in [-0.1, -0.05) is 11.8 Å². The van der Waals surface area contributed by atoms with Gasteiger partial charge in [-0.15, -0.1) is 21.5 Å². The number of hydrogen-bond donors (Lipinski definition) is 1. The third-order valence-electron chi connectivity index (χ3n) is 2.84. The summed E-state index contributed by atoms with van der Waals surface area (Å²) in [6.07, 6.45) is 4.38. The zero-order valence-corrected chi connectivity index (χ0v) is 11.8. The first-order valence-corrected chi connectivity index (χ1v) is 7.76. The number of hydrogen-bond acceptors (Lipinski definition) is 6. The Balaban J connectivity index is 1.74. The first-order valence-electron chi connectivity index (χ1n) is 5.96. The van der Waals surface area contributed by atoms with Gasteiger partial charge in [0.25, 0.3) is 0 Å². The lowest BCUT2D eigenvalue weighted by Gasteiger charge is -2.06. The molecule has 0 amide bonds. The van der Waals surface area contributed by atoms with Crippen LogP contribution in [0.15, 0.2) is 11.4 Å². The van der Waals surface area contributed by atoms with Crippen LogP contribution in [0.1, 0.15) is 34.6 Å². The van der Waals surface area contributed by atoms with Gasteiger partial charge in [0, 0.05) is 22.9 Å². The second-order valence-electron chi connectivity index (χ2n) is 4.34. The predicted octanol–water partition coefficient (Wildman–Crippen LogP) is 2.13. The van der Waals surface area contributed by atoms with Crippen LogP contribution in [0.3, 0.4) is 0 Å². The van der Waals surface area contributed by atoms with E-state index in [1.807, 2.05) is 13.1 Å². The molecule has 0 spiro atoms. The first kappa shape index (κ1) is 12.1. The van der Waals surface area contributed by atoms with Gasteiger partial charge in [-0.25, -0.2) is 4.98 Å². The van der Waals surface area contributed by atoms with E-state index in [4.69, 9.17) is 5.73 Å². The summed E-state index contributed by atoms with van der Waals surface area (Å²) in [6.45, 7) is 2.49. The van der Waals surface area contributed by atoms with E-state index >= 15 is 0 Å². The Morgan fingerprint density at radius 2 is 2.33 bits per heavy atom. The molecular formula is C11H15N5S2. The van der Waals surface area contributed by atoms with Crippen molar-refractivity contribution in [1.29, 1.82) is 0 Å². The molecule has 5 nitrogen and oxygen atoms in total. The zero-order valence-electron chi connectivity index (χ0n) is 10.2. The summed E-state index contributed by atoms with van der Waals surface area (Å²) < 4.78 is 2.21. The van der Waals surface area contributed by atoms with E-state index in [0.717, 1.165) is 21.7 Å². The molecule has 18 heavy (non-hydrogen) atoms. The molecule has 0 atom stereocenters. The van der Waals surface area contributed by atoms with Crippen molar-refractivity contribution in [1.82, 2.24) is 19.7 Å². The molecule has 7 heteroatoms. The van der Waals surface area contributed by atoms with Crippen LogP contribution in [0.2, 0.25) is 0 Å².